The maximum atomic E-state index is 12.8. The maximum absolute atomic E-state index is 12.8. The van der Waals surface area contributed by atoms with Crippen LogP contribution in [0.1, 0.15) is 6.42 Å². The molecular formula is C14H20Cl2INO5. The number of ketones is 1. The Hall–Kier alpha value is 0.360. The van der Waals surface area contributed by atoms with Crippen LogP contribution in [0, 0.1) is 0 Å². The van der Waals surface area contributed by atoms with Crippen LogP contribution >= 0.6 is 45.8 Å². The molecular weight excluding hydrogens is 460 g/mol. The molecule has 0 saturated carbocycles. The van der Waals surface area contributed by atoms with Gasteiger partial charge >= 0.3 is 0 Å². The molecule has 1 N–H and O–H groups in total. The van der Waals surface area contributed by atoms with E-state index in [1.54, 1.807) is 0 Å². The van der Waals surface area contributed by atoms with Gasteiger partial charge in [-0.3, -0.25) is 4.79 Å². The fourth-order valence-electron chi connectivity index (χ4n) is 3.10. The fourth-order valence-corrected chi connectivity index (χ4v) is 4.38. The van der Waals surface area contributed by atoms with Gasteiger partial charge in [0.05, 0.1) is 25.0 Å². The second-order valence-electron chi connectivity index (χ2n) is 5.43. The van der Waals surface area contributed by atoms with Crippen LogP contribution in [0.25, 0.3) is 0 Å². The van der Waals surface area contributed by atoms with E-state index in [0.717, 1.165) is 0 Å². The Morgan fingerprint density at radius 2 is 1.96 bits per heavy atom. The average molecular weight is 480 g/mol. The molecule has 1 aliphatic heterocycles. The zero-order chi connectivity index (χ0) is 17.3. The average Bonchev–Trinajstić information content (AvgIpc) is 2.73. The summed E-state index contributed by atoms with van der Waals surface area (Å²) in [5.74, 6) is -2.04. The Labute approximate surface area is 159 Å². The van der Waals surface area contributed by atoms with Crippen LogP contribution in [0.5, 0.6) is 0 Å². The number of halogens is 3. The Morgan fingerprint density at radius 1 is 1.39 bits per heavy atom. The molecule has 6 nitrogen and oxygen atoms in total. The lowest BCUT2D eigenvalue weighted by Crippen LogP contribution is -2.59. The van der Waals surface area contributed by atoms with Gasteiger partial charge in [-0.2, -0.15) is 0 Å². The van der Waals surface area contributed by atoms with Gasteiger partial charge in [-0.25, -0.2) is 0 Å². The predicted molar refractivity (Wildman–Crippen MR) is 95.1 cm³/mol. The van der Waals surface area contributed by atoms with Crippen molar-refractivity contribution in [2.45, 2.75) is 23.2 Å². The van der Waals surface area contributed by atoms with E-state index in [9.17, 15) is 9.90 Å². The van der Waals surface area contributed by atoms with Crippen molar-refractivity contribution in [1.29, 1.82) is 0 Å². The number of carbonyl (C=O) groups excluding carboxylic acids is 1. The van der Waals surface area contributed by atoms with E-state index in [1.807, 2.05) is 27.5 Å². The number of hydrogen-bond acceptors (Lipinski definition) is 6. The standard InChI is InChI=1S/C14H20Cl2INO5/c1-21-14(22-2)11(18-3-5-23-6-4-18)10(15)12(20)13(14,16)7-9(19)8-17/h9,19H,3-8H2,1-2H3/t9-,13?/m1/s1. The molecule has 0 aromatic carbocycles. The van der Waals surface area contributed by atoms with Crippen LogP contribution in [-0.4, -0.2) is 77.5 Å². The number of allylic oxidation sites excluding steroid dienone is 1. The summed E-state index contributed by atoms with van der Waals surface area (Å²) in [6.45, 7) is 2.12. The Morgan fingerprint density at radius 3 is 2.43 bits per heavy atom. The number of methoxy groups -OCH3 is 2. The molecule has 132 valence electrons. The van der Waals surface area contributed by atoms with Gasteiger partial charge in [0.1, 0.15) is 5.03 Å². The van der Waals surface area contributed by atoms with Gasteiger partial charge in [0, 0.05) is 38.2 Å². The highest BCUT2D eigenvalue weighted by atomic mass is 127. The molecule has 1 saturated heterocycles. The summed E-state index contributed by atoms with van der Waals surface area (Å²) in [4.78, 5) is 13.1. The molecule has 1 fully saturated rings. The molecule has 0 amide bonds. The molecule has 0 bridgehead atoms. The minimum Gasteiger partial charge on any atom is -0.392 e. The molecule has 0 radical (unpaired) electrons. The third-order valence-electron chi connectivity index (χ3n) is 4.20. The molecule has 1 unspecified atom stereocenters. The Balaban J connectivity index is 2.49. The fraction of sp³-hybridized carbons (Fsp3) is 0.786. The van der Waals surface area contributed by atoms with Crippen LogP contribution in [-0.2, 0) is 19.0 Å². The smallest absolute Gasteiger partial charge is 0.238 e. The number of aliphatic hydroxyl groups is 1. The molecule has 1 heterocycles. The van der Waals surface area contributed by atoms with Gasteiger partial charge in [-0.05, 0) is 0 Å². The van der Waals surface area contributed by atoms with E-state index in [4.69, 9.17) is 37.4 Å². The summed E-state index contributed by atoms with van der Waals surface area (Å²) >= 11 is 15.0. The number of ether oxygens (including phenoxy) is 3. The highest BCUT2D eigenvalue weighted by Crippen LogP contribution is 2.52. The van der Waals surface area contributed by atoms with Crippen molar-refractivity contribution < 1.29 is 24.1 Å². The molecule has 2 rings (SSSR count). The van der Waals surface area contributed by atoms with E-state index < -0.39 is 22.5 Å². The van der Waals surface area contributed by atoms with E-state index in [0.29, 0.717) is 36.4 Å². The van der Waals surface area contributed by atoms with Crippen LogP contribution < -0.4 is 0 Å². The SMILES string of the molecule is COC1(OC)C(N2CCOCC2)=C(Cl)C(=O)C1(Cl)C[C@@H](O)CI. The molecule has 0 spiro atoms. The lowest BCUT2D eigenvalue weighted by atomic mass is 9.91. The van der Waals surface area contributed by atoms with Gasteiger partial charge in [0.25, 0.3) is 0 Å². The van der Waals surface area contributed by atoms with Crippen molar-refractivity contribution in [2.75, 3.05) is 45.0 Å². The van der Waals surface area contributed by atoms with Gasteiger partial charge in [0.15, 0.2) is 4.87 Å². The summed E-state index contributed by atoms with van der Waals surface area (Å²) in [5.41, 5.74) is 0.410. The van der Waals surface area contributed by atoms with Crippen molar-refractivity contribution in [1.82, 2.24) is 4.90 Å². The maximum Gasteiger partial charge on any atom is 0.238 e. The zero-order valence-electron chi connectivity index (χ0n) is 13.0. The van der Waals surface area contributed by atoms with Crippen LogP contribution in [0.15, 0.2) is 10.7 Å². The third kappa shape index (κ3) is 3.14. The van der Waals surface area contributed by atoms with E-state index in [-0.39, 0.29) is 11.5 Å². The third-order valence-corrected chi connectivity index (χ3v) is 6.14. The molecule has 2 aliphatic rings. The monoisotopic (exact) mass is 479 g/mol. The quantitative estimate of drug-likeness (QED) is 0.354. The van der Waals surface area contributed by atoms with E-state index in [2.05, 4.69) is 0 Å². The number of alkyl halides is 2. The first-order valence-electron chi connectivity index (χ1n) is 7.19. The second-order valence-corrected chi connectivity index (χ2v) is 7.33. The zero-order valence-corrected chi connectivity index (χ0v) is 16.7. The number of hydrogen-bond donors (Lipinski definition) is 1. The first kappa shape index (κ1) is 19.7. The lowest BCUT2D eigenvalue weighted by Gasteiger charge is -2.44. The normalized spacial score (nSPS) is 29.3. The first-order chi connectivity index (χ1) is 10.9. The minimum atomic E-state index is -1.62. The highest BCUT2D eigenvalue weighted by Gasteiger charge is 2.67. The predicted octanol–water partition coefficient (Wildman–Crippen LogP) is 1.50. The van der Waals surface area contributed by atoms with E-state index >= 15 is 0 Å². The number of rotatable bonds is 6. The molecule has 23 heavy (non-hydrogen) atoms. The van der Waals surface area contributed by atoms with Crippen molar-refractivity contribution in [3.05, 3.63) is 10.7 Å². The van der Waals surface area contributed by atoms with Crippen molar-refractivity contribution >= 4 is 51.6 Å². The van der Waals surface area contributed by atoms with Crippen LogP contribution in [0.3, 0.4) is 0 Å². The number of nitrogens with zero attached hydrogens (tertiary/aromatic N) is 1. The van der Waals surface area contributed by atoms with Crippen LogP contribution in [0.4, 0.5) is 0 Å². The molecule has 0 aromatic heterocycles. The largest absolute Gasteiger partial charge is 0.392 e. The van der Waals surface area contributed by atoms with Crippen LogP contribution in [0.2, 0.25) is 0 Å². The van der Waals surface area contributed by atoms with Gasteiger partial charge in [-0.1, -0.05) is 34.2 Å². The number of aliphatic hydroxyl groups excluding tert-OH is 1. The number of Topliss-reactive ketones (excluding diaryl/α,β-unsaturated/α-hetero) is 1. The van der Waals surface area contributed by atoms with Crippen molar-refractivity contribution in [3.63, 3.8) is 0 Å². The Bertz CT molecular complexity index is 494. The Kier molecular flexibility index (Phi) is 6.60. The molecule has 0 aromatic rings. The van der Waals surface area contributed by atoms with Gasteiger partial charge in [-0.15, -0.1) is 11.6 Å². The van der Waals surface area contributed by atoms with Gasteiger partial charge < -0.3 is 24.2 Å². The first-order valence-corrected chi connectivity index (χ1v) is 9.47. The summed E-state index contributed by atoms with van der Waals surface area (Å²) in [5, 5.41) is 10.0. The minimum absolute atomic E-state index is 0.00809. The molecule has 1 aliphatic carbocycles. The van der Waals surface area contributed by atoms with E-state index in [1.165, 1.54) is 14.2 Å². The van der Waals surface area contributed by atoms with Gasteiger partial charge in [0.2, 0.25) is 11.6 Å². The molecule has 2 atom stereocenters. The lowest BCUT2D eigenvalue weighted by molar-refractivity contribution is -0.211. The number of morpholine rings is 1. The topological polar surface area (TPSA) is 68.2 Å². The summed E-state index contributed by atoms with van der Waals surface area (Å²) in [7, 11) is 2.83. The van der Waals surface area contributed by atoms with Crippen molar-refractivity contribution in [3.8, 4) is 0 Å². The highest BCUT2D eigenvalue weighted by molar-refractivity contribution is 14.1. The summed E-state index contributed by atoms with van der Waals surface area (Å²) in [6.07, 6.45) is -0.808. The molecule has 9 heteroatoms. The van der Waals surface area contributed by atoms with Crippen molar-refractivity contribution in [2.24, 2.45) is 0 Å². The summed E-state index contributed by atoms with van der Waals surface area (Å²) in [6, 6.07) is 0. The summed E-state index contributed by atoms with van der Waals surface area (Å²) < 4.78 is 17.0. The second kappa shape index (κ2) is 7.72. The number of carbonyl (C=O) groups is 1.